The molecule has 0 fully saturated rings. The standard InChI is InChI=1S/C17H15F3N2O3S2/c18-17(19,20)25-13-5-7-14(8-6-13)27-22-12-3-1-11(2-4-12)15(23)10-26-16(24)9-21/h1-8,22H,9-10,21H2. The molecule has 0 aliphatic heterocycles. The van der Waals surface area contributed by atoms with Gasteiger partial charge in [-0.05, 0) is 60.5 Å². The number of alkyl halides is 3. The minimum absolute atomic E-state index is 0.0317. The Hall–Kier alpha value is -2.17. The number of ether oxygens (including phenoxy) is 1. The molecule has 27 heavy (non-hydrogen) atoms. The molecule has 0 saturated heterocycles. The third kappa shape index (κ3) is 7.53. The van der Waals surface area contributed by atoms with Crippen LogP contribution in [-0.4, -0.2) is 29.6 Å². The summed E-state index contributed by atoms with van der Waals surface area (Å²) in [4.78, 5) is 23.8. The van der Waals surface area contributed by atoms with E-state index in [1.54, 1.807) is 24.3 Å². The highest BCUT2D eigenvalue weighted by atomic mass is 32.2. The number of nitrogens with two attached hydrogens (primary N) is 1. The van der Waals surface area contributed by atoms with Gasteiger partial charge in [0, 0.05) is 16.1 Å². The Morgan fingerprint density at radius 1 is 1.04 bits per heavy atom. The van der Waals surface area contributed by atoms with E-state index in [0.29, 0.717) is 16.1 Å². The Balaban J connectivity index is 1.86. The monoisotopic (exact) mass is 416 g/mol. The second-order valence-corrected chi connectivity index (χ2v) is 7.00. The highest BCUT2D eigenvalue weighted by Crippen LogP contribution is 2.27. The summed E-state index contributed by atoms with van der Waals surface area (Å²) < 4.78 is 43.2. The van der Waals surface area contributed by atoms with E-state index in [-0.39, 0.29) is 28.9 Å². The van der Waals surface area contributed by atoms with Crippen molar-refractivity contribution in [2.45, 2.75) is 11.3 Å². The average Bonchev–Trinajstić information content (AvgIpc) is 2.64. The Bertz CT molecular complexity index is 782. The van der Waals surface area contributed by atoms with E-state index in [0.717, 1.165) is 11.8 Å². The van der Waals surface area contributed by atoms with E-state index in [1.807, 2.05) is 0 Å². The molecule has 0 aliphatic carbocycles. The number of benzene rings is 2. The molecular formula is C17H15F3N2O3S2. The highest BCUT2D eigenvalue weighted by Gasteiger charge is 2.30. The Kier molecular flexibility index (Phi) is 7.57. The highest BCUT2D eigenvalue weighted by molar-refractivity contribution is 8.14. The van der Waals surface area contributed by atoms with Gasteiger partial charge in [-0.3, -0.25) is 9.59 Å². The molecular weight excluding hydrogens is 401 g/mol. The molecule has 2 aromatic carbocycles. The molecule has 2 aromatic rings. The number of halogens is 3. The summed E-state index contributed by atoms with van der Waals surface area (Å²) in [6.45, 7) is -0.110. The van der Waals surface area contributed by atoms with Crippen LogP contribution < -0.4 is 15.2 Å². The van der Waals surface area contributed by atoms with Gasteiger partial charge in [0.1, 0.15) is 5.75 Å². The van der Waals surface area contributed by atoms with Crippen LogP contribution in [0.3, 0.4) is 0 Å². The van der Waals surface area contributed by atoms with Gasteiger partial charge in [-0.15, -0.1) is 13.2 Å². The molecule has 3 N–H and O–H groups in total. The summed E-state index contributed by atoms with van der Waals surface area (Å²) >= 11 is 2.08. The molecule has 0 unspecified atom stereocenters. The predicted molar refractivity (Wildman–Crippen MR) is 99.9 cm³/mol. The topological polar surface area (TPSA) is 81.4 Å². The molecule has 144 valence electrons. The van der Waals surface area contributed by atoms with Gasteiger partial charge in [0.2, 0.25) is 5.12 Å². The van der Waals surface area contributed by atoms with Gasteiger partial charge in [-0.2, -0.15) is 0 Å². The minimum atomic E-state index is -4.72. The summed E-state index contributed by atoms with van der Waals surface area (Å²) in [5, 5.41) is -0.246. The number of Topliss-reactive ketones (excluding diaryl/α,β-unsaturated/α-hetero) is 1. The van der Waals surface area contributed by atoms with E-state index in [2.05, 4.69) is 9.46 Å². The van der Waals surface area contributed by atoms with Crippen molar-refractivity contribution in [2.75, 3.05) is 17.0 Å². The van der Waals surface area contributed by atoms with Crippen LogP contribution in [0.25, 0.3) is 0 Å². The fraction of sp³-hybridized carbons (Fsp3) is 0.176. The fourth-order valence-electron chi connectivity index (χ4n) is 1.84. The average molecular weight is 416 g/mol. The number of carbonyl (C=O) groups excluding carboxylic acids is 2. The maximum atomic E-state index is 12.1. The van der Waals surface area contributed by atoms with Crippen LogP contribution in [0.15, 0.2) is 53.4 Å². The number of hydrogen-bond acceptors (Lipinski definition) is 7. The van der Waals surface area contributed by atoms with Crippen molar-refractivity contribution >= 4 is 40.3 Å². The second-order valence-electron chi connectivity index (χ2n) is 5.09. The third-order valence-corrected chi connectivity index (χ3v) is 4.82. The molecule has 10 heteroatoms. The van der Waals surface area contributed by atoms with E-state index in [1.165, 1.54) is 36.2 Å². The van der Waals surface area contributed by atoms with E-state index < -0.39 is 6.36 Å². The van der Waals surface area contributed by atoms with Crippen LogP contribution in [0.1, 0.15) is 10.4 Å². The Morgan fingerprint density at radius 2 is 1.67 bits per heavy atom. The SMILES string of the molecule is NCC(=O)SCC(=O)c1ccc(NSc2ccc(OC(F)(F)F)cc2)cc1. The summed E-state index contributed by atoms with van der Waals surface area (Å²) in [5.74, 6) is -0.439. The van der Waals surface area contributed by atoms with E-state index in [9.17, 15) is 22.8 Å². The molecule has 0 radical (unpaired) electrons. The largest absolute Gasteiger partial charge is 0.573 e. The number of anilines is 1. The summed E-state index contributed by atoms with van der Waals surface area (Å²) in [6.07, 6.45) is -4.72. The first-order valence-electron chi connectivity index (χ1n) is 7.54. The van der Waals surface area contributed by atoms with Crippen LogP contribution in [0.5, 0.6) is 5.75 Å². The van der Waals surface area contributed by atoms with Gasteiger partial charge in [0.15, 0.2) is 5.78 Å². The van der Waals surface area contributed by atoms with Crippen molar-refractivity contribution in [2.24, 2.45) is 5.73 Å². The quantitative estimate of drug-likeness (QED) is 0.495. The van der Waals surface area contributed by atoms with E-state index in [4.69, 9.17) is 5.73 Å². The number of carbonyl (C=O) groups is 2. The van der Waals surface area contributed by atoms with Crippen LogP contribution in [0.4, 0.5) is 18.9 Å². The first-order chi connectivity index (χ1) is 12.8. The van der Waals surface area contributed by atoms with Crippen molar-refractivity contribution in [1.29, 1.82) is 0 Å². The lowest BCUT2D eigenvalue weighted by atomic mass is 10.1. The molecule has 0 bridgehead atoms. The van der Waals surface area contributed by atoms with Crippen molar-refractivity contribution in [1.82, 2.24) is 0 Å². The molecule has 0 saturated carbocycles. The van der Waals surface area contributed by atoms with Crippen LogP contribution >= 0.6 is 23.7 Å². The summed E-state index contributed by atoms with van der Waals surface area (Å²) in [5.41, 5.74) is 6.36. The zero-order valence-corrected chi connectivity index (χ0v) is 15.4. The molecule has 0 spiro atoms. The van der Waals surface area contributed by atoms with Crippen LogP contribution in [0.2, 0.25) is 0 Å². The summed E-state index contributed by atoms with van der Waals surface area (Å²) in [7, 11) is 0. The smallest absolute Gasteiger partial charge is 0.406 e. The fourth-order valence-corrected chi connectivity index (χ4v) is 3.06. The zero-order valence-electron chi connectivity index (χ0n) is 13.8. The number of hydrogen-bond donors (Lipinski definition) is 2. The Labute approximate surface area is 162 Å². The van der Waals surface area contributed by atoms with E-state index >= 15 is 0 Å². The first kappa shape index (κ1) is 21.1. The van der Waals surface area contributed by atoms with Crippen molar-refractivity contribution in [3.8, 4) is 5.75 Å². The van der Waals surface area contributed by atoms with Gasteiger partial charge in [-0.25, -0.2) is 0 Å². The van der Waals surface area contributed by atoms with Crippen molar-refractivity contribution < 1.29 is 27.5 Å². The van der Waals surface area contributed by atoms with Gasteiger partial charge in [0.25, 0.3) is 0 Å². The van der Waals surface area contributed by atoms with Gasteiger partial charge < -0.3 is 15.2 Å². The Morgan fingerprint density at radius 3 is 2.22 bits per heavy atom. The zero-order chi connectivity index (χ0) is 19.9. The molecule has 0 aromatic heterocycles. The second kappa shape index (κ2) is 9.67. The van der Waals surface area contributed by atoms with Crippen molar-refractivity contribution in [3.05, 3.63) is 54.1 Å². The van der Waals surface area contributed by atoms with Crippen LogP contribution in [-0.2, 0) is 4.79 Å². The van der Waals surface area contributed by atoms with Gasteiger partial charge in [0.05, 0.1) is 12.3 Å². The maximum absolute atomic E-state index is 12.1. The normalized spacial score (nSPS) is 11.1. The third-order valence-electron chi connectivity index (χ3n) is 3.08. The van der Waals surface area contributed by atoms with Gasteiger partial charge in [-0.1, -0.05) is 11.8 Å². The number of ketones is 1. The number of nitrogens with one attached hydrogen (secondary N) is 1. The lowest BCUT2D eigenvalue weighted by molar-refractivity contribution is -0.274. The lowest BCUT2D eigenvalue weighted by Crippen LogP contribution is -2.16. The summed E-state index contributed by atoms with van der Waals surface area (Å²) in [6, 6.07) is 12.1. The maximum Gasteiger partial charge on any atom is 0.573 e. The molecule has 0 heterocycles. The lowest BCUT2D eigenvalue weighted by Gasteiger charge is -2.10. The van der Waals surface area contributed by atoms with Gasteiger partial charge >= 0.3 is 6.36 Å². The molecule has 0 atom stereocenters. The van der Waals surface area contributed by atoms with Crippen molar-refractivity contribution in [3.63, 3.8) is 0 Å². The number of thioether (sulfide) groups is 1. The first-order valence-corrected chi connectivity index (χ1v) is 9.34. The molecule has 2 rings (SSSR count). The molecule has 0 aliphatic rings. The predicted octanol–water partition coefficient (Wildman–Crippen LogP) is 4.11. The number of rotatable bonds is 8. The minimum Gasteiger partial charge on any atom is -0.406 e. The molecule has 0 amide bonds. The van der Waals surface area contributed by atoms with Crippen LogP contribution in [0, 0.1) is 0 Å². The molecule has 5 nitrogen and oxygen atoms in total.